The van der Waals surface area contributed by atoms with Gasteiger partial charge in [0.05, 0.1) is 15.2 Å². The average molecular weight is 417 g/mol. The first-order chi connectivity index (χ1) is 12.1. The van der Waals surface area contributed by atoms with E-state index < -0.39 is 0 Å². The smallest absolute Gasteiger partial charge is 0.262 e. The van der Waals surface area contributed by atoms with Gasteiger partial charge in [-0.2, -0.15) is 0 Å². The van der Waals surface area contributed by atoms with Crippen molar-refractivity contribution in [1.82, 2.24) is 0 Å². The van der Waals surface area contributed by atoms with Crippen molar-refractivity contribution < 1.29 is 9.53 Å². The third kappa shape index (κ3) is 4.62. The van der Waals surface area contributed by atoms with Crippen molar-refractivity contribution in [2.75, 3.05) is 11.9 Å². The molecule has 0 fully saturated rings. The largest absolute Gasteiger partial charge is 0.483 e. The minimum Gasteiger partial charge on any atom is -0.483 e. The van der Waals surface area contributed by atoms with Crippen LogP contribution < -0.4 is 10.1 Å². The van der Waals surface area contributed by atoms with Crippen LogP contribution in [0.5, 0.6) is 5.75 Å². The summed E-state index contributed by atoms with van der Waals surface area (Å²) in [6, 6.07) is 22.9. The Hall–Kier alpha value is -2.30. The number of benzene rings is 3. The molecule has 3 aromatic carbocycles. The number of ether oxygens (including phenoxy) is 1. The molecule has 0 aromatic heterocycles. The van der Waals surface area contributed by atoms with E-state index in [1.807, 2.05) is 48.5 Å². The quantitative estimate of drug-likeness (QED) is 0.572. The van der Waals surface area contributed by atoms with Crippen LogP contribution in [0.15, 0.2) is 77.3 Å². The van der Waals surface area contributed by atoms with Gasteiger partial charge in [-0.25, -0.2) is 0 Å². The maximum absolute atomic E-state index is 12.0. The van der Waals surface area contributed by atoms with Crippen LogP contribution in [0.3, 0.4) is 0 Å². The number of para-hydroxylation sites is 1. The van der Waals surface area contributed by atoms with Gasteiger partial charge in [-0.1, -0.05) is 60.1 Å². The van der Waals surface area contributed by atoms with E-state index in [0.29, 0.717) is 16.5 Å². The lowest BCUT2D eigenvalue weighted by Gasteiger charge is -2.11. The molecule has 0 saturated carbocycles. The van der Waals surface area contributed by atoms with Gasteiger partial charge in [-0.15, -0.1) is 0 Å². The van der Waals surface area contributed by atoms with E-state index in [0.717, 1.165) is 15.6 Å². The number of amides is 1. The summed E-state index contributed by atoms with van der Waals surface area (Å²) in [5, 5.41) is 3.22. The Kier molecular flexibility index (Phi) is 5.74. The number of halogens is 2. The molecule has 5 heteroatoms. The summed E-state index contributed by atoms with van der Waals surface area (Å²) in [5.74, 6) is 0.334. The van der Waals surface area contributed by atoms with Crippen LogP contribution in [-0.2, 0) is 4.79 Å². The van der Waals surface area contributed by atoms with Gasteiger partial charge in [-0.05, 0) is 51.3 Å². The van der Waals surface area contributed by atoms with Gasteiger partial charge < -0.3 is 10.1 Å². The summed E-state index contributed by atoms with van der Waals surface area (Å²) in [5.41, 5.74) is 2.75. The number of carbonyl (C=O) groups excluding carboxylic acids is 1. The van der Waals surface area contributed by atoms with E-state index in [-0.39, 0.29) is 12.5 Å². The summed E-state index contributed by atoms with van der Waals surface area (Å²) in [4.78, 5) is 12.0. The second-order valence-electron chi connectivity index (χ2n) is 5.33. The standard InChI is InChI=1S/C20H15BrClNO2/c21-16-12-15(14-6-2-1-3-7-14)10-11-19(16)25-13-20(24)23-18-9-5-4-8-17(18)22/h1-12H,13H2,(H,23,24). The highest BCUT2D eigenvalue weighted by Gasteiger charge is 2.09. The van der Waals surface area contributed by atoms with E-state index in [4.69, 9.17) is 16.3 Å². The fourth-order valence-electron chi connectivity index (χ4n) is 2.32. The molecule has 3 aromatic rings. The molecular formula is C20H15BrClNO2. The SMILES string of the molecule is O=C(COc1ccc(-c2ccccc2)cc1Br)Nc1ccccc1Cl. The number of rotatable bonds is 5. The highest BCUT2D eigenvalue weighted by molar-refractivity contribution is 9.10. The third-order valence-electron chi connectivity index (χ3n) is 3.55. The van der Waals surface area contributed by atoms with Crippen LogP contribution >= 0.6 is 27.5 Å². The fraction of sp³-hybridized carbons (Fsp3) is 0.0500. The molecule has 0 spiro atoms. The Labute approximate surface area is 159 Å². The maximum atomic E-state index is 12.0. The summed E-state index contributed by atoms with van der Waals surface area (Å²) < 4.78 is 6.39. The second kappa shape index (κ2) is 8.19. The van der Waals surface area contributed by atoms with Crippen molar-refractivity contribution in [2.24, 2.45) is 0 Å². The van der Waals surface area contributed by atoms with Crippen LogP contribution in [0.25, 0.3) is 11.1 Å². The number of hydrogen-bond acceptors (Lipinski definition) is 2. The molecule has 3 rings (SSSR count). The minimum absolute atomic E-state index is 0.103. The molecule has 126 valence electrons. The van der Waals surface area contributed by atoms with E-state index in [1.54, 1.807) is 24.3 Å². The number of anilines is 1. The Morgan fingerprint density at radius 2 is 1.68 bits per heavy atom. The van der Waals surface area contributed by atoms with Gasteiger partial charge >= 0.3 is 0 Å². The van der Waals surface area contributed by atoms with Crippen LogP contribution in [0.1, 0.15) is 0 Å². The van der Waals surface area contributed by atoms with Crippen molar-refractivity contribution in [2.45, 2.75) is 0 Å². The van der Waals surface area contributed by atoms with Crippen molar-refractivity contribution in [1.29, 1.82) is 0 Å². The van der Waals surface area contributed by atoms with Crippen molar-refractivity contribution in [3.8, 4) is 16.9 Å². The van der Waals surface area contributed by atoms with Crippen LogP contribution in [0.4, 0.5) is 5.69 Å². The molecule has 25 heavy (non-hydrogen) atoms. The first-order valence-electron chi connectivity index (χ1n) is 7.65. The zero-order valence-corrected chi connectivity index (χ0v) is 15.5. The Morgan fingerprint density at radius 3 is 2.40 bits per heavy atom. The average Bonchev–Trinajstić information content (AvgIpc) is 2.63. The molecular weight excluding hydrogens is 402 g/mol. The monoisotopic (exact) mass is 415 g/mol. The summed E-state index contributed by atoms with van der Waals surface area (Å²) in [6.45, 7) is -0.103. The predicted molar refractivity (Wildman–Crippen MR) is 105 cm³/mol. The fourth-order valence-corrected chi connectivity index (χ4v) is 3.00. The number of nitrogens with one attached hydrogen (secondary N) is 1. The second-order valence-corrected chi connectivity index (χ2v) is 6.59. The molecule has 0 aliphatic heterocycles. The zero-order chi connectivity index (χ0) is 17.6. The van der Waals surface area contributed by atoms with Gasteiger partial charge in [0, 0.05) is 0 Å². The van der Waals surface area contributed by atoms with Crippen LogP contribution in [0, 0.1) is 0 Å². The van der Waals surface area contributed by atoms with E-state index in [1.165, 1.54) is 0 Å². The number of carbonyl (C=O) groups is 1. The van der Waals surface area contributed by atoms with Crippen LogP contribution in [-0.4, -0.2) is 12.5 Å². The van der Waals surface area contributed by atoms with E-state index in [2.05, 4.69) is 21.2 Å². The highest BCUT2D eigenvalue weighted by atomic mass is 79.9. The molecule has 3 nitrogen and oxygen atoms in total. The molecule has 1 amide bonds. The first-order valence-corrected chi connectivity index (χ1v) is 8.83. The minimum atomic E-state index is -0.271. The van der Waals surface area contributed by atoms with Gasteiger partial charge in [0.2, 0.25) is 0 Å². The van der Waals surface area contributed by atoms with Gasteiger partial charge in [0.25, 0.3) is 5.91 Å². The van der Waals surface area contributed by atoms with Crippen molar-refractivity contribution in [3.05, 3.63) is 82.3 Å². The summed E-state index contributed by atoms with van der Waals surface area (Å²) >= 11 is 9.52. The lowest BCUT2D eigenvalue weighted by atomic mass is 10.1. The molecule has 0 heterocycles. The van der Waals surface area contributed by atoms with Gasteiger partial charge in [0.1, 0.15) is 5.75 Å². The van der Waals surface area contributed by atoms with Gasteiger partial charge in [-0.3, -0.25) is 4.79 Å². The topological polar surface area (TPSA) is 38.3 Å². The summed E-state index contributed by atoms with van der Waals surface area (Å²) in [6.07, 6.45) is 0. The lowest BCUT2D eigenvalue weighted by Crippen LogP contribution is -2.20. The van der Waals surface area contributed by atoms with E-state index >= 15 is 0 Å². The van der Waals surface area contributed by atoms with Gasteiger partial charge in [0.15, 0.2) is 6.61 Å². The lowest BCUT2D eigenvalue weighted by molar-refractivity contribution is -0.118. The molecule has 1 N–H and O–H groups in total. The molecule has 0 radical (unpaired) electrons. The molecule has 0 aliphatic carbocycles. The molecule has 0 atom stereocenters. The normalized spacial score (nSPS) is 10.3. The molecule has 0 unspecified atom stereocenters. The highest BCUT2D eigenvalue weighted by Crippen LogP contribution is 2.30. The Bertz CT molecular complexity index is 884. The van der Waals surface area contributed by atoms with Crippen LogP contribution in [0.2, 0.25) is 5.02 Å². The predicted octanol–water partition coefficient (Wildman–Crippen LogP) is 5.79. The zero-order valence-electron chi connectivity index (χ0n) is 13.2. The molecule has 0 saturated heterocycles. The van der Waals surface area contributed by atoms with Crippen molar-refractivity contribution in [3.63, 3.8) is 0 Å². The molecule has 0 aliphatic rings. The Balaban J connectivity index is 1.63. The number of hydrogen-bond donors (Lipinski definition) is 1. The Morgan fingerprint density at radius 1 is 0.960 bits per heavy atom. The maximum Gasteiger partial charge on any atom is 0.262 e. The first kappa shape index (κ1) is 17.5. The van der Waals surface area contributed by atoms with Crippen molar-refractivity contribution >= 4 is 39.1 Å². The third-order valence-corrected chi connectivity index (χ3v) is 4.50. The summed E-state index contributed by atoms with van der Waals surface area (Å²) in [7, 11) is 0. The molecule has 0 bridgehead atoms. The van der Waals surface area contributed by atoms with E-state index in [9.17, 15) is 4.79 Å².